The molecular weight excluding hydrogens is 210 g/mol. The van der Waals surface area contributed by atoms with Gasteiger partial charge in [0, 0.05) is 21.5 Å². The number of rotatable bonds is 3. The monoisotopic (exact) mass is 227 g/mol. The van der Waals surface area contributed by atoms with Crippen molar-refractivity contribution in [2.75, 3.05) is 12.3 Å². The van der Waals surface area contributed by atoms with Crippen molar-refractivity contribution in [3.63, 3.8) is 0 Å². The zero-order chi connectivity index (χ0) is 9.97. The van der Waals surface area contributed by atoms with Gasteiger partial charge in [0.2, 0.25) is 0 Å². The molecular formula is C11H17NS2. The van der Waals surface area contributed by atoms with Gasteiger partial charge in [-0.3, -0.25) is 0 Å². The summed E-state index contributed by atoms with van der Waals surface area (Å²) in [7, 11) is 0. The molecule has 78 valence electrons. The van der Waals surface area contributed by atoms with Gasteiger partial charge in [0.25, 0.3) is 0 Å². The van der Waals surface area contributed by atoms with Crippen LogP contribution >= 0.6 is 23.1 Å². The second kappa shape index (κ2) is 4.69. The highest BCUT2D eigenvalue weighted by molar-refractivity contribution is 7.98. The minimum atomic E-state index is 0.528. The summed E-state index contributed by atoms with van der Waals surface area (Å²) in [4.78, 5) is 3.14. The largest absolute Gasteiger partial charge is 0.310 e. The van der Waals surface area contributed by atoms with Crippen molar-refractivity contribution in [1.82, 2.24) is 5.32 Å². The predicted molar refractivity (Wildman–Crippen MR) is 66.3 cm³/mol. The summed E-state index contributed by atoms with van der Waals surface area (Å²) in [6.07, 6.45) is 1.28. The second-order valence-electron chi connectivity index (χ2n) is 3.68. The van der Waals surface area contributed by atoms with E-state index >= 15 is 0 Å². The first kappa shape index (κ1) is 10.5. The van der Waals surface area contributed by atoms with E-state index in [1.54, 1.807) is 10.4 Å². The Morgan fingerprint density at radius 3 is 3.14 bits per heavy atom. The van der Waals surface area contributed by atoms with E-state index < -0.39 is 0 Å². The SMILES string of the molecule is CCNC(C)c1cc2c(s1)CCSC2. The van der Waals surface area contributed by atoms with Crippen molar-refractivity contribution in [1.29, 1.82) is 0 Å². The first-order valence-corrected chi connectivity index (χ1v) is 7.21. The first-order valence-electron chi connectivity index (χ1n) is 5.24. The Bertz CT molecular complexity index is 283. The third-order valence-corrected chi connectivity index (χ3v) is 5.01. The molecule has 14 heavy (non-hydrogen) atoms. The molecule has 0 aliphatic carbocycles. The van der Waals surface area contributed by atoms with Crippen molar-refractivity contribution in [2.24, 2.45) is 0 Å². The van der Waals surface area contributed by atoms with Crippen LogP contribution in [0.3, 0.4) is 0 Å². The Kier molecular flexibility index (Phi) is 3.52. The van der Waals surface area contributed by atoms with Crippen molar-refractivity contribution >= 4 is 23.1 Å². The zero-order valence-corrected chi connectivity index (χ0v) is 10.4. The zero-order valence-electron chi connectivity index (χ0n) is 8.80. The fourth-order valence-electron chi connectivity index (χ4n) is 1.79. The normalized spacial score (nSPS) is 17.9. The van der Waals surface area contributed by atoms with Gasteiger partial charge < -0.3 is 5.32 Å². The molecule has 1 aromatic heterocycles. The summed E-state index contributed by atoms with van der Waals surface area (Å²) in [5.74, 6) is 2.53. The number of fused-ring (bicyclic) bond motifs is 1. The summed E-state index contributed by atoms with van der Waals surface area (Å²) < 4.78 is 0. The van der Waals surface area contributed by atoms with Crippen LogP contribution in [0.25, 0.3) is 0 Å². The van der Waals surface area contributed by atoms with E-state index in [9.17, 15) is 0 Å². The standard InChI is InChI=1S/C11H17NS2/c1-3-12-8(2)11-6-9-7-13-5-4-10(9)14-11/h6,8,12H,3-5,7H2,1-2H3. The summed E-state index contributed by atoms with van der Waals surface area (Å²) in [6.45, 7) is 5.48. The molecule has 1 aromatic rings. The van der Waals surface area contributed by atoms with Gasteiger partial charge >= 0.3 is 0 Å². The average Bonchev–Trinajstić information content (AvgIpc) is 2.61. The highest BCUT2D eigenvalue weighted by atomic mass is 32.2. The molecule has 0 radical (unpaired) electrons. The number of aryl methyl sites for hydroxylation is 1. The highest BCUT2D eigenvalue weighted by Gasteiger charge is 2.15. The van der Waals surface area contributed by atoms with E-state index in [1.807, 2.05) is 11.3 Å². The van der Waals surface area contributed by atoms with Crippen LogP contribution in [0, 0.1) is 0 Å². The van der Waals surface area contributed by atoms with Gasteiger partial charge in [-0.05, 0) is 37.3 Å². The van der Waals surface area contributed by atoms with Gasteiger partial charge in [-0.2, -0.15) is 11.8 Å². The number of nitrogens with one attached hydrogen (secondary N) is 1. The van der Waals surface area contributed by atoms with Gasteiger partial charge in [0.05, 0.1) is 0 Å². The second-order valence-corrected chi connectivity index (χ2v) is 5.95. The maximum absolute atomic E-state index is 3.47. The summed E-state index contributed by atoms with van der Waals surface area (Å²) in [5.41, 5.74) is 1.59. The molecule has 0 saturated carbocycles. The van der Waals surface area contributed by atoms with Crippen molar-refractivity contribution in [3.8, 4) is 0 Å². The highest BCUT2D eigenvalue weighted by Crippen LogP contribution is 2.34. The van der Waals surface area contributed by atoms with E-state index in [1.165, 1.54) is 22.8 Å². The Balaban J connectivity index is 2.15. The molecule has 1 aliphatic rings. The molecule has 3 heteroatoms. The molecule has 1 nitrogen and oxygen atoms in total. The topological polar surface area (TPSA) is 12.0 Å². The van der Waals surface area contributed by atoms with E-state index in [0.29, 0.717) is 6.04 Å². The molecule has 0 spiro atoms. The van der Waals surface area contributed by atoms with Crippen LogP contribution in [0.5, 0.6) is 0 Å². The lowest BCUT2D eigenvalue weighted by molar-refractivity contribution is 0.607. The van der Waals surface area contributed by atoms with Crippen LogP contribution in [0.1, 0.15) is 35.2 Å². The molecule has 0 fully saturated rings. The van der Waals surface area contributed by atoms with E-state index in [4.69, 9.17) is 0 Å². The van der Waals surface area contributed by atoms with Crippen molar-refractivity contribution in [2.45, 2.75) is 32.1 Å². The molecule has 0 aromatic carbocycles. The fraction of sp³-hybridized carbons (Fsp3) is 0.636. The molecule has 2 rings (SSSR count). The third kappa shape index (κ3) is 2.15. The maximum atomic E-state index is 3.47. The Hall–Kier alpha value is 0.01000. The number of hydrogen-bond acceptors (Lipinski definition) is 3. The lowest BCUT2D eigenvalue weighted by Crippen LogP contribution is -2.16. The van der Waals surface area contributed by atoms with Gasteiger partial charge in [-0.1, -0.05) is 6.92 Å². The van der Waals surface area contributed by atoms with Crippen molar-refractivity contribution in [3.05, 3.63) is 21.4 Å². The quantitative estimate of drug-likeness (QED) is 0.851. The molecule has 1 unspecified atom stereocenters. The Morgan fingerprint density at radius 2 is 2.43 bits per heavy atom. The van der Waals surface area contributed by atoms with Crippen LogP contribution in [0.4, 0.5) is 0 Å². The van der Waals surface area contributed by atoms with Crippen LogP contribution in [0.15, 0.2) is 6.07 Å². The van der Waals surface area contributed by atoms with Crippen LogP contribution in [-0.4, -0.2) is 12.3 Å². The predicted octanol–water partition coefficient (Wildman–Crippen LogP) is 3.21. The molecule has 0 amide bonds. The molecule has 1 aliphatic heterocycles. The molecule has 2 heterocycles. The number of thiophene rings is 1. The average molecular weight is 227 g/mol. The van der Waals surface area contributed by atoms with Crippen LogP contribution < -0.4 is 5.32 Å². The maximum Gasteiger partial charge on any atom is 0.0386 e. The minimum Gasteiger partial charge on any atom is -0.310 e. The van der Waals surface area contributed by atoms with E-state index in [0.717, 1.165) is 6.54 Å². The third-order valence-electron chi connectivity index (χ3n) is 2.58. The van der Waals surface area contributed by atoms with Gasteiger partial charge in [0.1, 0.15) is 0 Å². The Labute approximate surface area is 94.3 Å². The van der Waals surface area contributed by atoms with E-state index in [-0.39, 0.29) is 0 Å². The van der Waals surface area contributed by atoms with E-state index in [2.05, 4.69) is 37.0 Å². The molecule has 1 atom stereocenters. The van der Waals surface area contributed by atoms with Gasteiger partial charge in [-0.15, -0.1) is 11.3 Å². The molecule has 0 bridgehead atoms. The number of thioether (sulfide) groups is 1. The first-order chi connectivity index (χ1) is 6.81. The smallest absolute Gasteiger partial charge is 0.0386 e. The summed E-state index contributed by atoms with van der Waals surface area (Å²) >= 11 is 4.07. The van der Waals surface area contributed by atoms with Crippen LogP contribution in [0.2, 0.25) is 0 Å². The fourth-order valence-corrected chi connectivity index (χ4v) is 4.19. The minimum absolute atomic E-state index is 0.528. The lowest BCUT2D eigenvalue weighted by atomic mass is 10.2. The van der Waals surface area contributed by atoms with Crippen molar-refractivity contribution < 1.29 is 0 Å². The van der Waals surface area contributed by atoms with Crippen LogP contribution in [-0.2, 0) is 12.2 Å². The van der Waals surface area contributed by atoms with Gasteiger partial charge in [-0.25, -0.2) is 0 Å². The lowest BCUT2D eigenvalue weighted by Gasteiger charge is -2.08. The number of hydrogen-bond donors (Lipinski definition) is 1. The molecule has 1 N–H and O–H groups in total. The molecule has 0 saturated heterocycles. The summed E-state index contributed by atoms with van der Waals surface area (Å²) in [5, 5.41) is 3.47. The van der Waals surface area contributed by atoms with Gasteiger partial charge in [0.15, 0.2) is 0 Å². The summed E-state index contributed by atoms with van der Waals surface area (Å²) in [6, 6.07) is 2.93. The Morgan fingerprint density at radius 1 is 1.57 bits per heavy atom.